The highest BCUT2D eigenvalue weighted by molar-refractivity contribution is 6.08. The van der Waals surface area contributed by atoms with E-state index < -0.39 is 0 Å². The number of hydrogen-bond donors (Lipinski definition) is 0. The first-order valence-electron chi connectivity index (χ1n) is 18.6. The summed E-state index contributed by atoms with van der Waals surface area (Å²) >= 11 is 0. The van der Waals surface area contributed by atoms with Crippen LogP contribution in [-0.2, 0) is 0 Å². The summed E-state index contributed by atoms with van der Waals surface area (Å²) in [4.78, 5) is 0. The van der Waals surface area contributed by atoms with Gasteiger partial charge in [-0.2, -0.15) is 0 Å². The number of rotatable bonds is 5. The molecule has 0 amide bonds. The van der Waals surface area contributed by atoms with Gasteiger partial charge in [0, 0.05) is 11.8 Å². The van der Waals surface area contributed by atoms with Gasteiger partial charge in [-0.1, -0.05) is 194 Å². The van der Waals surface area contributed by atoms with E-state index in [0.29, 0.717) is 5.92 Å². The molecule has 3 aliphatic rings. The molecular weight excluding hydrogens is 625 g/mol. The summed E-state index contributed by atoms with van der Waals surface area (Å²) in [5.41, 5.74) is 10.7. The molecule has 0 spiro atoms. The van der Waals surface area contributed by atoms with Gasteiger partial charge in [0.25, 0.3) is 0 Å². The molecular formula is C52H38. The molecule has 2 unspecified atom stereocenters. The third-order valence-corrected chi connectivity index (χ3v) is 11.4. The van der Waals surface area contributed by atoms with E-state index in [4.69, 9.17) is 0 Å². The zero-order valence-electron chi connectivity index (χ0n) is 29.0. The van der Waals surface area contributed by atoms with Gasteiger partial charge in [-0.3, -0.25) is 0 Å². The van der Waals surface area contributed by atoms with Crippen LogP contribution in [0.4, 0.5) is 0 Å². The maximum atomic E-state index is 2.44. The summed E-state index contributed by atoms with van der Waals surface area (Å²) < 4.78 is 0. The summed E-state index contributed by atoms with van der Waals surface area (Å²) in [6.07, 6.45) is 18.5. The molecule has 10 rings (SSSR count). The minimum atomic E-state index is 0.286. The van der Waals surface area contributed by atoms with Crippen LogP contribution in [0, 0.1) is 11.8 Å². The molecule has 7 aromatic rings. The van der Waals surface area contributed by atoms with E-state index in [1.54, 1.807) is 0 Å². The summed E-state index contributed by atoms with van der Waals surface area (Å²) in [5, 5.41) is 10.6. The van der Waals surface area contributed by atoms with Gasteiger partial charge in [-0.25, -0.2) is 0 Å². The molecule has 0 aliphatic heterocycles. The summed E-state index contributed by atoms with van der Waals surface area (Å²) in [6.45, 7) is 0. The van der Waals surface area contributed by atoms with Crippen molar-refractivity contribution in [1.29, 1.82) is 0 Å². The van der Waals surface area contributed by atoms with E-state index in [1.807, 2.05) is 0 Å². The smallest absolute Gasteiger partial charge is 0.0137 e. The minimum Gasteiger partial charge on any atom is -0.0763 e. The van der Waals surface area contributed by atoms with Crippen LogP contribution >= 0.6 is 0 Å². The van der Waals surface area contributed by atoms with E-state index >= 15 is 0 Å². The van der Waals surface area contributed by atoms with E-state index in [-0.39, 0.29) is 5.92 Å². The molecule has 7 aromatic carbocycles. The predicted molar refractivity (Wildman–Crippen MR) is 222 cm³/mol. The van der Waals surface area contributed by atoms with Gasteiger partial charge in [0.05, 0.1) is 0 Å². The maximum Gasteiger partial charge on any atom is 0.0137 e. The van der Waals surface area contributed by atoms with Crippen LogP contribution in [0.1, 0.15) is 29.5 Å². The highest BCUT2D eigenvalue weighted by Gasteiger charge is 2.32. The van der Waals surface area contributed by atoms with Crippen molar-refractivity contribution in [2.75, 3.05) is 0 Å². The Balaban J connectivity index is 1.05. The molecule has 0 heteroatoms. The topological polar surface area (TPSA) is 0 Å². The lowest BCUT2D eigenvalue weighted by molar-refractivity contribution is 0.688. The maximum absolute atomic E-state index is 2.44. The van der Waals surface area contributed by atoms with Crippen molar-refractivity contribution >= 4 is 56.5 Å². The molecule has 0 N–H and O–H groups in total. The molecule has 0 bridgehead atoms. The first-order chi connectivity index (χ1) is 25.8. The Morgan fingerprint density at radius 3 is 1.92 bits per heavy atom. The van der Waals surface area contributed by atoms with E-state index in [1.165, 1.54) is 87.0 Å². The van der Waals surface area contributed by atoms with Gasteiger partial charge in [0.1, 0.15) is 0 Å². The van der Waals surface area contributed by atoms with Gasteiger partial charge in [-0.05, 0) is 99.8 Å². The van der Waals surface area contributed by atoms with Crippen molar-refractivity contribution < 1.29 is 0 Å². The predicted octanol–water partition coefficient (Wildman–Crippen LogP) is 9.98. The lowest BCUT2D eigenvalue weighted by Gasteiger charge is -2.34. The zero-order valence-corrected chi connectivity index (χ0v) is 29.0. The van der Waals surface area contributed by atoms with Gasteiger partial charge in [0.15, 0.2) is 0 Å². The Bertz CT molecular complexity index is 2890. The Morgan fingerprint density at radius 1 is 0.462 bits per heavy atom. The molecule has 52 heavy (non-hydrogen) atoms. The van der Waals surface area contributed by atoms with Crippen LogP contribution < -0.4 is 20.9 Å². The molecule has 0 saturated carbocycles. The van der Waals surface area contributed by atoms with E-state index in [2.05, 4.69) is 194 Å². The number of allylic oxidation sites excluding steroid dienone is 4. The lowest BCUT2D eigenvalue weighted by Crippen LogP contribution is -2.42. The second kappa shape index (κ2) is 12.8. The average molecular weight is 663 g/mol. The van der Waals surface area contributed by atoms with Crippen LogP contribution in [0.5, 0.6) is 0 Å². The fourth-order valence-electron chi connectivity index (χ4n) is 9.04. The summed E-state index contributed by atoms with van der Waals surface area (Å²) in [7, 11) is 0. The molecule has 0 radical (unpaired) electrons. The first kappa shape index (κ1) is 30.6. The molecule has 0 fully saturated rings. The van der Waals surface area contributed by atoms with Crippen LogP contribution in [-0.4, -0.2) is 0 Å². The monoisotopic (exact) mass is 662 g/mol. The molecule has 3 aliphatic carbocycles. The average Bonchev–Trinajstić information content (AvgIpc) is 3.22. The van der Waals surface area contributed by atoms with Crippen LogP contribution in [0.15, 0.2) is 176 Å². The van der Waals surface area contributed by atoms with Crippen LogP contribution in [0.25, 0.3) is 67.6 Å². The van der Waals surface area contributed by atoms with Crippen molar-refractivity contribution in [3.63, 3.8) is 0 Å². The first-order valence-corrected chi connectivity index (χ1v) is 18.6. The quantitative estimate of drug-likeness (QED) is 0.161. The normalized spacial score (nSPS) is 17.7. The van der Waals surface area contributed by atoms with Crippen molar-refractivity contribution in [2.24, 2.45) is 11.8 Å². The Kier molecular flexibility index (Phi) is 7.54. The van der Waals surface area contributed by atoms with Gasteiger partial charge < -0.3 is 0 Å². The molecule has 0 nitrogen and oxygen atoms in total. The lowest BCUT2D eigenvalue weighted by atomic mass is 9.69. The molecule has 246 valence electrons. The number of fused-ring (bicyclic) bond motifs is 5. The largest absolute Gasteiger partial charge is 0.0763 e. The zero-order chi connectivity index (χ0) is 34.4. The summed E-state index contributed by atoms with van der Waals surface area (Å²) in [6, 6.07) is 56.0. The van der Waals surface area contributed by atoms with Gasteiger partial charge in [0.2, 0.25) is 0 Å². The second-order valence-electron chi connectivity index (χ2n) is 14.2. The molecule has 0 heterocycles. The Labute approximate surface area is 304 Å². The summed E-state index contributed by atoms with van der Waals surface area (Å²) in [5.74, 6) is 0.592. The van der Waals surface area contributed by atoms with Crippen LogP contribution in [0.2, 0.25) is 0 Å². The van der Waals surface area contributed by atoms with E-state index in [0.717, 1.165) is 12.8 Å². The highest BCUT2D eigenvalue weighted by Crippen LogP contribution is 2.42. The highest BCUT2D eigenvalue weighted by atomic mass is 14.4. The third-order valence-electron chi connectivity index (χ3n) is 11.4. The van der Waals surface area contributed by atoms with Crippen molar-refractivity contribution in [2.45, 2.75) is 12.8 Å². The third kappa shape index (κ3) is 5.14. The molecule has 0 saturated heterocycles. The van der Waals surface area contributed by atoms with E-state index in [9.17, 15) is 0 Å². The number of hydrogen-bond acceptors (Lipinski definition) is 0. The van der Waals surface area contributed by atoms with Gasteiger partial charge >= 0.3 is 0 Å². The Morgan fingerprint density at radius 2 is 1.10 bits per heavy atom. The van der Waals surface area contributed by atoms with Gasteiger partial charge in [-0.15, -0.1) is 0 Å². The number of benzene rings is 7. The Hall–Kier alpha value is -6.24. The molecule has 0 aromatic heterocycles. The standard InChI is InChI=1S/C52H38/c1-3-17-40-36(13-1)15-11-25-44(40)45-34-33-38(41-18-5-6-20-43(41)45)30-27-35-28-31-39(32-29-35)51-47-21-7-9-23-49(47)52(50-24-10-8-22-48(50)51)46-26-12-16-37-14-2-4-19-42(37)46/h1-11,13-25,27-34,47,49H,12,26H2. The fourth-order valence-corrected chi connectivity index (χ4v) is 9.04. The fraction of sp³-hybridized carbons (Fsp3) is 0.0769. The van der Waals surface area contributed by atoms with Crippen molar-refractivity contribution in [1.82, 2.24) is 0 Å². The van der Waals surface area contributed by atoms with Crippen molar-refractivity contribution in [3.05, 3.63) is 214 Å². The second-order valence-corrected chi connectivity index (χ2v) is 14.2. The molecule has 2 atom stereocenters. The van der Waals surface area contributed by atoms with Crippen molar-refractivity contribution in [3.8, 4) is 11.1 Å². The van der Waals surface area contributed by atoms with Crippen LogP contribution in [0.3, 0.4) is 0 Å². The minimum absolute atomic E-state index is 0.286. The SMILES string of the molecule is C1=CC2C(C3=c4ccccc4=CCC3)=c3ccccc3=C(c3ccc(C=Cc4ccc(-c5cccc6ccccc56)c5ccccc45)cc3)C2C=C1.